The van der Waals surface area contributed by atoms with E-state index in [9.17, 15) is 0 Å². The minimum atomic E-state index is 0.579. The predicted octanol–water partition coefficient (Wildman–Crippen LogP) is 11.2. The third-order valence-electron chi connectivity index (χ3n) is 10.1. The summed E-state index contributed by atoms with van der Waals surface area (Å²) in [5.74, 6) is 0. The zero-order valence-corrected chi connectivity index (χ0v) is 28.3. The van der Waals surface area contributed by atoms with E-state index in [0.717, 1.165) is 0 Å². The number of hydrogen-bond acceptors (Lipinski definition) is 0. The van der Waals surface area contributed by atoms with Crippen LogP contribution in [0, 0.1) is 0 Å². The van der Waals surface area contributed by atoms with E-state index in [2.05, 4.69) is 193 Å². The van der Waals surface area contributed by atoms with Gasteiger partial charge in [0.25, 0.3) is 0 Å². The van der Waals surface area contributed by atoms with E-state index in [1.807, 2.05) is 0 Å². The third kappa shape index (κ3) is 4.61. The Hall–Kier alpha value is -6.22. The highest BCUT2D eigenvalue weighted by molar-refractivity contribution is 6.67. The molecule has 2 heteroatoms. The van der Waals surface area contributed by atoms with E-state index in [0.29, 0.717) is 9.52 Å². The van der Waals surface area contributed by atoms with Crippen molar-refractivity contribution in [2.75, 3.05) is 0 Å². The summed E-state index contributed by atoms with van der Waals surface area (Å²) in [7, 11) is 0.579. The zero-order valence-electron chi connectivity index (χ0n) is 27.3. The Morgan fingerprint density at radius 3 is 1.62 bits per heavy atom. The zero-order chi connectivity index (χ0) is 33.0. The molecule has 9 aromatic carbocycles. The molecule has 0 unspecified atom stereocenters. The summed E-state index contributed by atoms with van der Waals surface area (Å²) < 4.78 is 2.40. The van der Waals surface area contributed by atoms with Crippen molar-refractivity contribution in [1.82, 2.24) is 4.57 Å². The first kappa shape index (κ1) is 28.8. The molecule has 0 amide bonds. The summed E-state index contributed by atoms with van der Waals surface area (Å²) in [5, 5.41) is 12.9. The minimum Gasteiger partial charge on any atom is -0.309 e. The van der Waals surface area contributed by atoms with Crippen molar-refractivity contribution in [2.24, 2.45) is 0 Å². The topological polar surface area (TPSA) is 4.93 Å². The van der Waals surface area contributed by atoms with Gasteiger partial charge in [0.15, 0.2) is 0 Å². The molecule has 0 spiro atoms. The molecule has 0 aliphatic heterocycles. The van der Waals surface area contributed by atoms with Gasteiger partial charge in [0, 0.05) is 16.5 Å². The van der Waals surface area contributed by atoms with Gasteiger partial charge in [-0.05, 0) is 78.8 Å². The number of hydrogen-bond donors (Lipinski definition) is 0. The van der Waals surface area contributed by atoms with E-state index in [-0.39, 0.29) is 0 Å². The lowest BCUT2D eigenvalue weighted by Gasteiger charge is -2.20. The monoisotopic (exact) mass is 649 g/mol. The van der Waals surface area contributed by atoms with E-state index < -0.39 is 0 Å². The van der Waals surface area contributed by atoms with Gasteiger partial charge >= 0.3 is 0 Å². The Bertz CT molecular complexity index is 2820. The van der Waals surface area contributed by atoms with Crippen molar-refractivity contribution in [2.45, 2.75) is 0 Å². The molecule has 1 heterocycles. The molecular formula is C48H31NSi. The molecule has 0 aliphatic rings. The van der Waals surface area contributed by atoms with Gasteiger partial charge in [-0.25, -0.2) is 0 Å². The first-order valence-electron chi connectivity index (χ1n) is 17.2. The normalized spacial score (nSPS) is 11.7. The van der Waals surface area contributed by atoms with Crippen molar-refractivity contribution in [1.29, 1.82) is 0 Å². The van der Waals surface area contributed by atoms with Crippen LogP contribution >= 0.6 is 0 Å². The largest absolute Gasteiger partial charge is 0.309 e. The SMILES string of the molecule is c1ccc([Si]c2ccc3c(-c4cccc5ccccc45)c4ccccc4c(-c4ccc(-n5c6ccccc6c6ccccc65)cc4)c3c2)cc1. The Morgan fingerprint density at radius 2 is 0.900 bits per heavy atom. The molecule has 10 aromatic rings. The third-order valence-corrected chi connectivity index (χ3v) is 11.4. The van der Waals surface area contributed by atoms with Crippen LogP contribution in [0.25, 0.3) is 82.1 Å². The molecular weight excluding hydrogens is 619 g/mol. The van der Waals surface area contributed by atoms with Gasteiger partial charge < -0.3 is 4.57 Å². The quantitative estimate of drug-likeness (QED) is 0.129. The van der Waals surface area contributed by atoms with Crippen molar-refractivity contribution < 1.29 is 0 Å². The average molecular weight is 650 g/mol. The molecule has 0 saturated heterocycles. The molecule has 0 fully saturated rings. The van der Waals surface area contributed by atoms with Gasteiger partial charge in [0.05, 0.1) is 11.0 Å². The predicted molar refractivity (Wildman–Crippen MR) is 216 cm³/mol. The average Bonchev–Trinajstić information content (AvgIpc) is 3.52. The van der Waals surface area contributed by atoms with Crippen LogP contribution in [0.2, 0.25) is 0 Å². The second kappa shape index (κ2) is 11.7. The molecule has 50 heavy (non-hydrogen) atoms. The molecule has 1 nitrogen and oxygen atoms in total. The van der Waals surface area contributed by atoms with Crippen LogP contribution in [0.3, 0.4) is 0 Å². The maximum Gasteiger partial charge on any atom is 0.121 e. The first-order chi connectivity index (χ1) is 24.8. The highest BCUT2D eigenvalue weighted by Crippen LogP contribution is 2.45. The fraction of sp³-hybridized carbons (Fsp3) is 0. The van der Waals surface area contributed by atoms with Gasteiger partial charge in [0.1, 0.15) is 9.52 Å². The van der Waals surface area contributed by atoms with Gasteiger partial charge in [-0.3, -0.25) is 0 Å². The summed E-state index contributed by atoms with van der Waals surface area (Å²) in [6.07, 6.45) is 0. The molecule has 0 aliphatic carbocycles. The van der Waals surface area contributed by atoms with Crippen LogP contribution < -0.4 is 10.4 Å². The van der Waals surface area contributed by atoms with E-state index in [1.165, 1.54) is 92.4 Å². The number of rotatable bonds is 5. The summed E-state index contributed by atoms with van der Waals surface area (Å²) in [5.41, 5.74) is 8.70. The van der Waals surface area contributed by atoms with Crippen LogP contribution in [-0.4, -0.2) is 14.1 Å². The van der Waals surface area contributed by atoms with Crippen molar-refractivity contribution in [3.05, 3.63) is 188 Å². The maximum absolute atomic E-state index is 2.46. The second-order valence-electron chi connectivity index (χ2n) is 13.0. The number of nitrogens with zero attached hydrogens (tertiary/aromatic N) is 1. The van der Waals surface area contributed by atoms with Gasteiger partial charge in [-0.15, -0.1) is 0 Å². The van der Waals surface area contributed by atoms with E-state index >= 15 is 0 Å². The van der Waals surface area contributed by atoms with Crippen LogP contribution in [0.4, 0.5) is 0 Å². The highest BCUT2D eigenvalue weighted by atomic mass is 28.2. The summed E-state index contributed by atoms with van der Waals surface area (Å²) in [4.78, 5) is 0. The summed E-state index contributed by atoms with van der Waals surface area (Å²) in [6, 6.07) is 69.2. The van der Waals surface area contributed by atoms with Crippen LogP contribution in [0.5, 0.6) is 0 Å². The molecule has 232 valence electrons. The van der Waals surface area contributed by atoms with Crippen molar-refractivity contribution in [3.8, 4) is 27.9 Å². The summed E-state index contributed by atoms with van der Waals surface area (Å²) in [6.45, 7) is 0. The lowest BCUT2D eigenvalue weighted by atomic mass is 9.84. The standard InChI is InChI=1S/C48H31NSi/c1-2-15-35(16-3-1)50-36-29-30-43-44(31-36)47(41-20-6-7-21-42(41)48(43)40-22-12-14-32-13-4-5-17-37(32)40)33-25-27-34(28-26-33)49-45-23-10-8-18-38(45)39-19-9-11-24-46(39)49/h1-31H. The van der Waals surface area contributed by atoms with Crippen LogP contribution in [0.15, 0.2) is 188 Å². The fourth-order valence-corrected chi connectivity index (χ4v) is 9.04. The molecule has 0 bridgehead atoms. The second-order valence-corrected chi connectivity index (χ2v) is 14.4. The van der Waals surface area contributed by atoms with E-state index in [1.54, 1.807) is 0 Å². The molecule has 0 saturated carbocycles. The molecule has 2 radical (unpaired) electrons. The Kier molecular flexibility index (Phi) is 6.75. The molecule has 1 aromatic heterocycles. The molecule has 0 N–H and O–H groups in total. The summed E-state index contributed by atoms with van der Waals surface area (Å²) >= 11 is 0. The van der Waals surface area contributed by atoms with Crippen molar-refractivity contribution in [3.63, 3.8) is 0 Å². The number of benzene rings is 9. The molecule has 10 rings (SSSR count). The first-order valence-corrected chi connectivity index (χ1v) is 18.2. The Labute approximate surface area is 293 Å². The maximum atomic E-state index is 2.46. The number of para-hydroxylation sites is 2. The number of fused-ring (bicyclic) bond motifs is 6. The van der Waals surface area contributed by atoms with Crippen LogP contribution in [0.1, 0.15) is 0 Å². The lowest BCUT2D eigenvalue weighted by Crippen LogP contribution is -2.26. The van der Waals surface area contributed by atoms with Gasteiger partial charge in [0.2, 0.25) is 0 Å². The van der Waals surface area contributed by atoms with Crippen LogP contribution in [-0.2, 0) is 0 Å². The number of aromatic nitrogens is 1. The Morgan fingerprint density at radius 1 is 0.340 bits per heavy atom. The van der Waals surface area contributed by atoms with Crippen molar-refractivity contribution >= 4 is 74.0 Å². The molecule has 0 atom stereocenters. The smallest absolute Gasteiger partial charge is 0.121 e. The minimum absolute atomic E-state index is 0.579. The van der Waals surface area contributed by atoms with Gasteiger partial charge in [-0.1, -0.05) is 174 Å². The lowest BCUT2D eigenvalue weighted by molar-refractivity contribution is 1.18. The van der Waals surface area contributed by atoms with E-state index in [4.69, 9.17) is 0 Å². The fourth-order valence-electron chi connectivity index (χ4n) is 7.97. The highest BCUT2D eigenvalue weighted by Gasteiger charge is 2.19. The Balaban J connectivity index is 1.24. The van der Waals surface area contributed by atoms with Gasteiger partial charge in [-0.2, -0.15) is 0 Å².